The highest BCUT2D eigenvalue weighted by Crippen LogP contribution is 2.22. The third-order valence-corrected chi connectivity index (χ3v) is 5.98. The molecule has 0 aliphatic carbocycles. The third kappa shape index (κ3) is 5.37. The van der Waals surface area contributed by atoms with Crippen molar-refractivity contribution in [2.24, 2.45) is 5.73 Å². The van der Waals surface area contributed by atoms with E-state index < -0.39 is 27.3 Å². The Morgan fingerprint density at radius 2 is 2.00 bits per heavy atom. The second-order valence-electron chi connectivity index (χ2n) is 6.90. The van der Waals surface area contributed by atoms with E-state index in [9.17, 15) is 9.00 Å². The summed E-state index contributed by atoms with van der Waals surface area (Å²) in [5.41, 5.74) is 6.61. The monoisotopic (exact) mass is 379 g/mol. The second kappa shape index (κ2) is 7.96. The van der Waals surface area contributed by atoms with Crippen LogP contribution in [0.2, 0.25) is 0 Å². The molecule has 0 aliphatic rings. The molecule has 0 aliphatic heterocycles. The zero-order valence-corrected chi connectivity index (χ0v) is 15.8. The predicted octanol–water partition coefficient (Wildman–Crippen LogP) is 1.92. The van der Waals surface area contributed by atoms with Crippen molar-refractivity contribution in [3.63, 3.8) is 0 Å². The van der Waals surface area contributed by atoms with Crippen molar-refractivity contribution >= 4 is 15.7 Å². The van der Waals surface area contributed by atoms with E-state index in [1.165, 1.54) is 0 Å². The number of rotatable bonds is 9. The first kappa shape index (κ1) is 20.1. The highest BCUT2D eigenvalue weighted by atomic mass is 32.2. The molecule has 2 rings (SSSR count). The van der Waals surface area contributed by atoms with Crippen LogP contribution in [-0.4, -0.2) is 47.8 Å². The number of aliphatic carboxylic acids is 1. The minimum absolute atomic E-state index is 0.0241. The van der Waals surface area contributed by atoms with E-state index in [-0.39, 0.29) is 17.9 Å². The lowest BCUT2D eigenvalue weighted by Crippen LogP contribution is -2.34. The molecular formula is C17H25N5O3S. The van der Waals surface area contributed by atoms with Gasteiger partial charge in [-0.05, 0) is 26.7 Å². The standard InChI is InChI=1S/C17H25N5O3S/c1-17(2,9-11-26(19,25)10-8-14(18)16(23)24)22-20-12-15(21-22)13-6-4-3-5-7-13/h3-7,12,14,19H,8-11,18H2,1-2H3,(H,23,24)/t14-,26?/m0/s1. The normalized spacial score (nSPS) is 15.3. The van der Waals surface area contributed by atoms with Crippen LogP contribution >= 0.6 is 0 Å². The molecule has 0 amide bonds. The number of benzene rings is 1. The molecule has 0 saturated carbocycles. The van der Waals surface area contributed by atoms with Crippen LogP contribution in [-0.2, 0) is 20.1 Å². The van der Waals surface area contributed by atoms with Crippen molar-refractivity contribution in [3.05, 3.63) is 36.5 Å². The fourth-order valence-corrected chi connectivity index (χ4v) is 4.02. The number of hydrogen-bond donors (Lipinski definition) is 3. The van der Waals surface area contributed by atoms with Crippen LogP contribution in [0.5, 0.6) is 0 Å². The summed E-state index contributed by atoms with van der Waals surface area (Å²) in [6, 6.07) is 8.59. The van der Waals surface area contributed by atoms with Gasteiger partial charge in [-0.2, -0.15) is 15.0 Å². The Bertz CT molecular complexity index is 846. The Morgan fingerprint density at radius 1 is 1.35 bits per heavy atom. The minimum Gasteiger partial charge on any atom is -0.480 e. The van der Waals surface area contributed by atoms with Gasteiger partial charge in [0.25, 0.3) is 0 Å². The molecular weight excluding hydrogens is 354 g/mol. The Morgan fingerprint density at radius 3 is 2.62 bits per heavy atom. The smallest absolute Gasteiger partial charge is 0.320 e. The second-order valence-corrected chi connectivity index (χ2v) is 9.34. The van der Waals surface area contributed by atoms with Crippen molar-refractivity contribution in [3.8, 4) is 11.3 Å². The zero-order valence-electron chi connectivity index (χ0n) is 15.0. The first-order chi connectivity index (χ1) is 12.1. The summed E-state index contributed by atoms with van der Waals surface area (Å²) in [7, 11) is -2.91. The van der Waals surface area contributed by atoms with Gasteiger partial charge in [0.1, 0.15) is 11.7 Å². The van der Waals surface area contributed by atoms with Crippen LogP contribution in [0.4, 0.5) is 0 Å². The number of nitrogens with two attached hydrogens (primary N) is 1. The Hall–Kier alpha value is -2.26. The van der Waals surface area contributed by atoms with Gasteiger partial charge in [-0.3, -0.25) is 9.57 Å². The first-order valence-electron chi connectivity index (χ1n) is 8.31. The van der Waals surface area contributed by atoms with E-state index in [4.69, 9.17) is 15.6 Å². The summed E-state index contributed by atoms with van der Waals surface area (Å²) in [4.78, 5) is 12.3. The number of nitrogens with one attached hydrogen (secondary N) is 1. The van der Waals surface area contributed by atoms with Gasteiger partial charge in [-0.25, -0.2) is 4.21 Å². The number of carboxylic acid groups (broad SMARTS) is 1. The average molecular weight is 379 g/mol. The van der Waals surface area contributed by atoms with Crippen molar-refractivity contribution < 1.29 is 14.1 Å². The van der Waals surface area contributed by atoms with Crippen molar-refractivity contribution in [2.75, 3.05) is 11.5 Å². The van der Waals surface area contributed by atoms with Crippen LogP contribution in [0.25, 0.3) is 11.3 Å². The third-order valence-electron chi connectivity index (χ3n) is 4.22. The van der Waals surface area contributed by atoms with E-state index in [1.807, 2.05) is 44.2 Å². The van der Waals surface area contributed by atoms with E-state index >= 15 is 0 Å². The summed E-state index contributed by atoms with van der Waals surface area (Å²) in [5, 5.41) is 17.6. The molecule has 9 heteroatoms. The molecule has 1 unspecified atom stereocenters. The molecule has 2 atom stereocenters. The first-order valence-corrected chi connectivity index (χ1v) is 10.2. The van der Waals surface area contributed by atoms with Gasteiger partial charge in [0.15, 0.2) is 0 Å². The largest absolute Gasteiger partial charge is 0.480 e. The topological polar surface area (TPSA) is 135 Å². The highest BCUT2D eigenvalue weighted by molar-refractivity contribution is 7.92. The molecule has 8 nitrogen and oxygen atoms in total. The summed E-state index contributed by atoms with van der Waals surface area (Å²) in [6.45, 7) is 3.83. The number of nitrogens with zero attached hydrogens (tertiary/aromatic N) is 3. The lowest BCUT2D eigenvalue weighted by atomic mass is 10.0. The molecule has 26 heavy (non-hydrogen) atoms. The summed E-state index contributed by atoms with van der Waals surface area (Å²) in [5.74, 6) is -1.04. The number of carbonyl (C=O) groups is 1. The SMILES string of the molecule is CC(C)(CCS(=N)(=O)CC[C@H](N)C(=O)O)n1ncc(-c2ccccc2)n1. The molecule has 142 valence electrons. The Kier molecular flexibility index (Phi) is 6.14. The van der Waals surface area contributed by atoms with Crippen LogP contribution in [0.3, 0.4) is 0 Å². The molecule has 0 saturated heterocycles. The number of hydrogen-bond acceptors (Lipinski definition) is 6. The maximum atomic E-state index is 12.4. The van der Waals surface area contributed by atoms with Gasteiger partial charge < -0.3 is 10.8 Å². The Labute approximate surface area is 153 Å². The molecule has 2 aromatic rings. The van der Waals surface area contributed by atoms with Gasteiger partial charge in [0, 0.05) is 26.8 Å². The van der Waals surface area contributed by atoms with E-state index in [2.05, 4.69) is 10.2 Å². The lowest BCUT2D eigenvalue weighted by Gasteiger charge is -2.24. The van der Waals surface area contributed by atoms with E-state index in [0.29, 0.717) is 6.42 Å². The molecule has 0 fully saturated rings. The van der Waals surface area contributed by atoms with Gasteiger partial charge >= 0.3 is 5.97 Å². The number of aromatic nitrogens is 3. The maximum absolute atomic E-state index is 12.4. The van der Waals surface area contributed by atoms with Gasteiger partial charge in [-0.15, -0.1) is 0 Å². The van der Waals surface area contributed by atoms with Crippen LogP contribution in [0.1, 0.15) is 26.7 Å². The fraction of sp³-hybridized carbons (Fsp3) is 0.471. The van der Waals surface area contributed by atoms with Crippen molar-refractivity contribution in [2.45, 2.75) is 38.3 Å². The quantitative estimate of drug-likeness (QED) is 0.609. The summed E-state index contributed by atoms with van der Waals surface area (Å²) >= 11 is 0. The molecule has 1 aromatic heterocycles. The molecule has 4 N–H and O–H groups in total. The van der Waals surface area contributed by atoms with E-state index in [0.717, 1.165) is 11.3 Å². The maximum Gasteiger partial charge on any atom is 0.320 e. The van der Waals surface area contributed by atoms with E-state index in [1.54, 1.807) is 11.0 Å². The zero-order chi connectivity index (χ0) is 19.4. The molecule has 0 radical (unpaired) electrons. The lowest BCUT2D eigenvalue weighted by molar-refractivity contribution is -0.138. The van der Waals surface area contributed by atoms with Crippen LogP contribution in [0, 0.1) is 4.78 Å². The van der Waals surface area contributed by atoms with Crippen LogP contribution < -0.4 is 5.73 Å². The minimum atomic E-state index is -2.91. The molecule has 1 heterocycles. The molecule has 0 spiro atoms. The van der Waals surface area contributed by atoms with Crippen LogP contribution in [0.15, 0.2) is 36.5 Å². The summed E-state index contributed by atoms with van der Waals surface area (Å²) < 4.78 is 20.4. The summed E-state index contributed by atoms with van der Waals surface area (Å²) in [6.07, 6.45) is 2.14. The van der Waals surface area contributed by atoms with Gasteiger partial charge in [0.2, 0.25) is 0 Å². The molecule has 1 aromatic carbocycles. The average Bonchev–Trinajstić information content (AvgIpc) is 3.10. The number of carboxylic acids is 1. The van der Waals surface area contributed by atoms with Crippen molar-refractivity contribution in [1.29, 1.82) is 4.78 Å². The fourth-order valence-electron chi connectivity index (χ4n) is 2.35. The molecule has 0 bridgehead atoms. The van der Waals surface area contributed by atoms with Gasteiger partial charge in [-0.1, -0.05) is 30.3 Å². The Balaban J connectivity index is 2.00. The van der Waals surface area contributed by atoms with Crippen molar-refractivity contribution in [1.82, 2.24) is 15.0 Å². The predicted molar refractivity (Wildman–Crippen MR) is 100 cm³/mol. The van der Waals surface area contributed by atoms with Gasteiger partial charge in [0.05, 0.1) is 11.7 Å². The highest BCUT2D eigenvalue weighted by Gasteiger charge is 2.25.